The quantitative estimate of drug-likeness (QED) is 0.422. The van der Waals surface area contributed by atoms with Gasteiger partial charge in [0.1, 0.15) is 0 Å². The van der Waals surface area contributed by atoms with Crippen LogP contribution in [-0.2, 0) is 0 Å². The van der Waals surface area contributed by atoms with Gasteiger partial charge < -0.3 is 15.9 Å². The smallest absolute Gasteiger partial charge is 0.0971 e. The third kappa shape index (κ3) is 8.53. The number of aliphatic hydroxyl groups excluding tert-OH is 2. The van der Waals surface area contributed by atoms with Gasteiger partial charge in [0, 0.05) is 6.42 Å². The molecule has 23 heavy (non-hydrogen) atoms. The van der Waals surface area contributed by atoms with Gasteiger partial charge in [-0.1, -0.05) is 63.7 Å². The predicted molar refractivity (Wildman–Crippen MR) is 98.4 cm³/mol. The second-order valence-electron chi connectivity index (χ2n) is 6.06. The van der Waals surface area contributed by atoms with Crippen molar-refractivity contribution in [3.8, 4) is 11.8 Å². The van der Waals surface area contributed by atoms with E-state index in [1.807, 2.05) is 11.4 Å². The van der Waals surface area contributed by atoms with E-state index in [-0.39, 0.29) is 6.61 Å². The Kier molecular flexibility index (Phi) is 11.0. The molecule has 0 saturated heterocycles. The molecule has 1 rings (SSSR count). The van der Waals surface area contributed by atoms with Gasteiger partial charge in [-0.3, -0.25) is 0 Å². The zero-order chi connectivity index (χ0) is 16.9. The Morgan fingerprint density at radius 2 is 1.78 bits per heavy atom. The fraction of sp³-hybridized carbons (Fsp3) is 0.684. The van der Waals surface area contributed by atoms with E-state index >= 15 is 0 Å². The number of thiophene rings is 1. The SMILES string of the molecule is CCCCCCCCCCC#Cc1cc([C@@H](O)[C@@H](N)CO)cs1. The lowest BCUT2D eigenvalue weighted by molar-refractivity contribution is 0.110. The van der Waals surface area contributed by atoms with Crippen molar-refractivity contribution in [3.63, 3.8) is 0 Å². The maximum Gasteiger partial charge on any atom is 0.0971 e. The molecule has 3 nitrogen and oxygen atoms in total. The van der Waals surface area contributed by atoms with Crippen molar-refractivity contribution in [1.82, 2.24) is 0 Å². The van der Waals surface area contributed by atoms with Crippen LogP contribution in [0.4, 0.5) is 0 Å². The van der Waals surface area contributed by atoms with Crippen LogP contribution >= 0.6 is 11.3 Å². The highest BCUT2D eigenvalue weighted by atomic mass is 32.1. The van der Waals surface area contributed by atoms with Crippen LogP contribution in [0.2, 0.25) is 0 Å². The molecule has 1 heterocycles. The summed E-state index contributed by atoms with van der Waals surface area (Å²) in [5.41, 5.74) is 6.38. The molecule has 0 aliphatic heterocycles. The number of nitrogens with two attached hydrogens (primary N) is 1. The van der Waals surface area contributed by atoms with E-state index in [0.29, 0.717) is 0 Å². The van der Waals surface area contributed by atoms with E-state index in [1.54, 1.807) is 0 Å². The van der Waals surface area contributed by atoms with E-state index in [2.05, 4.69) is 18.8 Å². The average Bonchev–Trinajstić information content (AvgIpc) is 3.04. The number of hydrogen-bond donors (Lipinski definition) is 3. The fourth-order valence-electron chi connectivity index (χ4n) is 2.42. The van der Waals surface area contributed by atoms with Crippen LogP contribution in [0.15, 0.2) is 11.4 Å². The largest absolute Gasteiger partial charge is 0.395 e. The van der Waals surface area contributed by atoms with Crippen molar-refractivity contribution in [2.45, 2.75) is 76.9 Å². The van der Waals surface area contributed by atoms with Gasteiger partial charge in [-0.25, -0.2) is 0 Å². The van der Waals surface area contributed by atoms with Gasteiger partial charge in [0.2, 0.25) is 0 Å². The molecule has 4 heteroatoms. The molecule has 0 aliphatic carbocycles. The minimum Gasteiger partial charge on any atom is -0.395 e. The first kappa shape index (κ1) is 20.2. The summed E-state index contributed by atoms with van der Waals surface area (Å²) in [6.45, 7) is 2.02. The molecule has 1 aromatic rings. The van der Waals surface area contributed by atoms with Crippen LogP contribution in [0.1, 0.15) is 81.3 Å². The number of rotatable bonds is 11. The first-order chi connectivity index (χ1) is 11.2. The zero-order valence-corrected chi connectivity index (χ0v) is 15.1. The molecule has 0 spiro atoms. The van der Waals surface area contributed by atoms with Crippen LogP contribution in [0.5, 0.6) is 0 Å². The minimum absolute atomic E-state index is 0.226. The fourth-order valence-corrected chi connectivity index (χ4v) is 3.22. The molecule has 4 N–H and O–H groups in total. The van der Waals surface area contributed by atoms with Gasteiger partial charge in [-0.05, 0) is 23.4 Å². The summed E-state index contributed by atoms with van der Waals surface area (Å²) in [5.74, 6) is 6.36. The molecule has 0 unspecified atom stereocenters. The summed E-state index contributed by atoms with van der Waals surface area (Å²) in [6, 6.07) is 1.23. The Bertz CT molecular complexity index is 475. The average molecular weight is 338 g/mol. The minimum atomic E-state index is -0.820. The predicted octanol–water partition coefficient (Wildman–Crippen LogP) is 3.98. The van der Waals surface area contributed by atoms with E-state index in [1.165, 1.54) is 56.3 Å². The summed E-state index contributed by atoms with van der Waals surface area (Å²) in [5, 5.41) is 20.8. The van der Waals surface area contributed by atoms with E-state index in [4.69, 9.17) is 10.8 Å². The van der Waals surface area contributed by atoms with Gasteiger partial charge in [0.05, 0.1) is 23.6 Å². The molecule has 0 aliphatic rings. The van der Waals surface area contributed by atoms with Crippen molar-refractivity contribution in [1.29, 1.82) is 0 Å². The summed E-state index contributed by atoms with van der Waals surface area (Å²) in [6.07, 6.45) is 10.6. The summed E-state index contributed by atoms with van der Waals surface area (Å²) in [7, 11) is 0. The second-order valence-corrected chi connectivity index (χ2v) is 6.97. The first-order valence-electron chi connectivity index (χ1n) is 8.80. The molecule has 0 saturated carbocycles. The first-order valence-corrected chi connectivity index (χ1v) is 9.68. The van der Waals surface area contributed by atoms with Crippen LogP contribution < -0.4 is 5.73 Å². The molecule has 0 fully saturated rings. The van der Waals surface area contributed by atoms with Gasteiger partial charge >= 0.3 is 0 Å². The van der Waals surface area contributed by atoms with Gasteiger partial charge in [0.25, 0.3) is 0 Å². The van der Waals surface area contributed by atoms with Crippen LogP contribution in [0, 0.1) is 11.8 Å². The molecule has 0 radical (unpaired) electrons. The normalized spacial score (nSPS) is 13.4. The Hall–Kier alpha value is -0.860. The lowest BCUT2D eigenvalue weighted by atomic mass is 10.1. The molecule has 0 bridgehead atoms. The van der Waals surface area contributed by atoms with Gasteiger partial charge in [-0.2, -0.15) is 0 Å². The van der Waals surface area contributed by atoms with Crippen LogP contribution in [0.3, 0.4) is 0 Å². The maximum atomic E-state index is 9.92. The lowest BCUT2D eigenvalue weighted by Crippen LogP contribution is -2.31. The molecular weight excluding hydrogens is 306 g/mol. The van der Waals surface area contributed by atoms with E-state index in [0.717, 1.165) is 23.3 Å². The highest BCUT2D eigenvalue weighted by Crippen LogP contribution is 2.22. The standard InChI is InChI=1S/C19H31NO2S/c1-2-3-4-5-6-7-8-9-10-11-12-17-13-16(15-23-17)19(22)18(20)14-21/h13,15,18-19,21-22H,2-10,14,20H2,1H3/t18-,19+/m0/s1. The third-order valence-corrected chi connectivity index (χ3v) is 4.81. The highest BCUT2D eigenvalue weighted by Gasteiger charge is 2.16. The maximum absolute atomic E-state index is 9.92. The Morgan fingerprint density at radius 3 is 2.43 bits per heavy atom. The summed E-state index contributed by atoms with van der Waals surface area (Å²) >= 11 is 1.51. The molecule has 2 atom stereocenters. The summed E-state index contributed by atoms with van der Waals surface area (Å²) < 4.78 is 0. The summed E-state index contributed by atoms with van der Waals surface area (Å²) in [4.78, 5) is 0.948. The van der Waals surface area contributed by atoms with Gasteiger partial charge in [-0.15, -0.1) is 11.3 Å². The van der Waals surface area contributed by atoms with Crippen molar-refractivity contribution in [2.75, 3.05) is 6.61 Å². The van der Waals surface area contributed by atoms with Gasteiger partial charge in [0.15, 0.2) is 0 Å². The zero-order valence-electron chi connectivity index (χ0n) is 14.3. The number of hydrogen-bond acceptors (Lipinski definition) is 4. The van der Waals surface area contributed by atoms with Crippen molar-refractivity contribution in [2.24, 2.45) is 5.73 Å². The van der Waals surface area contributed by atoms with Crippen LogP contribution in [0.25, 0.3) is 0 Å². The highest BCUT2D eigenvalue weighted by molar-refractivity contribution is 7.10. The number of unbranched alkanes of at least 4 members (excludes halogenated alkanes) is 8. The molecule has 0 aromatic carbocycles. The molecule has 130 valence electrons. The Morgan fingerprint density at radius 1 is 1.13 bits per heavy atom. The van der Waals surface area contributed by atoms with E-state index in [9.17, 15) is 5.11 Å². The monoisotopic (exact) mass is 337 g/mol. The molecule has 1 aromatic heterocycles. The molecular formula is C19H31NO2S. The topological polar surface area (TPSA) is 66.5 Å². The van der Waals surface area contributed by atoms with Crippen LogP contribution in [-0.4, -0.2) is 22.9 Å². The number of aliphatic hydroxyl groups is 2. The van der Waals surface area contributed by atoms with Crippen molar-refractivity contribution in [3.05, 3.63) is 21.9 Å². The van der Waals surface area contributed by atoms with E-state index < -0.39 is 12.1 Å². The second kappa shape index (κ2) is 12.5. The molecule has 0 amide bonds. The van der Waals surface area contributed by atoms with Crippen molar-refractivity contribution < 1.29 is 10.2 Å². The van der Waals surface area contributed by atoms with Crippen molar-refractivity contribution >= 4 is 11.3 Å². The third-order valence-electron chi connectivity index (χ3n) is 3.94. The Labute approximate surface area is 144 Å². The lowest BCUT2D eigenvalue weighted by Gasteiger charge is -2.14. The Balaban J connectivity index is 2.18.